The molecule has 2 N–H and O–H groups in total. The highest BCUT2D eigenvalue weighted by Crippen LogP contribution is 2.14. The summed E-state index contributed by atoms with van der Waals surface area (Å²) in [5.41, 5.74) is 2.32. The SMILES string of the molecule is CNC(=O)c1ccccc1C(=N)c1ccccc1. The molecule has 0 heterocycles. The van der Waals surface area contributed by atoms with Gasteiger partial charge in [0.25, 0.3) is 5.91 Å². The fraction of sp³-hybridized carbons (Fsp3) is 0.0667. The van der Waals surface area contributed by atoms with Crippen molar-refractivity contribution in [2.24, 2.45) is 0 Å². The van der Waals surface area contributed by atoms with E-state index in [4.69, 9.17) is 5.41 Å². The third kappa shape index (κ3) is 2.30. The van der Waals surface area contributed by atoms with Crippen LogP contribution in [-0.2, 0) is 0 Å². The number of carbonyl (C=O) groups is 1. The quantitative estimate of drug-likeness (QED) is 0.793. The number of nitrogens with one attached hydrogen (secondary N) is 2. The molecule has 0 spiro atoms. The summed E-state index contributed by atoms with van der Waals surface area (Å²) >= 11 is 0. The first-order valence-corrected chi connectivity index (χ1v) is 5.69. The van der Waals surface area contributed by atoms with Crippen molar-refractivity contribution in [1.82, 2.24) is 5.32 Å². The number of carbonyl (C=O) groups excluding carboxylic acids is 1. The molecular formula is C15H14N2O. The van der Waals surface area contributed by atoms with Gasteiger partial charge >= 0.3 is 0 Å². The van der Waals surface area contributed by atoms with Gasteiger partial charge in [0.15, 0.2) is 0 Å². The molecule has 0 aromatic heterocycles. The van der Waals surface area contributed by atoms with Crippen molar-refractivity contribution in [2.75, 3.05) is 7.05 Å². The van der Waals surface area contributed by atoms with E-state index in [2.05, 4.69) is 5.32 Å². The van der Waals surface area contributed by atoms with Crippen molar-refractivity contribution in [3.8, 4) is 0 Å². The molecule has 18 heavy (non-hydrogen) atoms. The monoisotopic (exact) mass is 238 g/mol. The molecule has 0 unspecified atom stereocenters. The van der Waals surface area contributed by atoms with Crippen LogP contribution in [0.5, 0.6) is 0 Å². The van der Waals surface area contributed by atoms with Gasteiger partial charge in [-0.3, -0.25) is 10.2 Å². The fourth-order valence-electron chi connectivity index (χ4n) is 1.79. The number of benzene rings is 2. The molecule has 0 saturated carbocycles. The van der Waals surface area contributed by atoms with Gasteiger partial charge in [-0.2, -0.15) is 0 Å². The van der Waals surface area contributed by atoms with Gasteiger partial charge in [-0.05, 0) is 6.07 Å². The second kappa shape index (κ2) is 5.27. The van der Waals surface area contributed by atoms with Crippen LogP contribution in [0.4, 0.5) is 0 Å². The Morgan fingerprint density at radius 3 is 2.11 bits per heavy atom. The first kappa shape index (κ1) is 12.0. The number of hydrogen-bond donors (Lipinski definition) is 2. The van der Waals surface area contributed by atoms with Crippen LogP contribution in [0.3, 0.4) is 0 Å². The van der Waals surface area contributed by atoms with Crippen molar-refractivity contribution >= 4 is 11.6 Å². The van der Waals surface area contributed by atoms with Gasteiger partial charge in [-0.25, -0.2) is 0 Å². The molecule has 0 aliphatic carbocycles. The molecule has 0 aliphatic heterocycles. The number of amides is 1. The number of hydrogen-bond acceptors (Lipinski definition) is 2. The first-order valence-electron chi connectivity index (χ1n) is 5.69. The van der Waals surface area contributed by atoms with Crippen LogP contribution in [0.25, 0.3) is 0 Å². The molecule has 2 rings (SSSR count). The van der Waals surface area contributed by atoms with Crippen LogP contribution in [0.2, 0.25) is 0 Å². The highest BCUT2D eigenvalue weighted by atomic mass is 16.1. The predicted molar refractivity (Wildman–Crippen MR) is 72.2 cm³/mol. The molecular weight excluding hydrogens is 224 g/mol. The molecule has 0 saturated heterocycles. The maximum atomic E-state index is 11.8. The zero-order chi connectivity index (χ0) is 13.0. The Labute approximate surface area is 106 Å². The van der Waals surface area contributed by atoms with Gasteiger partial charge in [0, 0.05) is 23.7 Å². The van der Waals surface area contributed by atoms with Gasteiger partial charge in [-0.1, -0.05) is 48.5 Å². The first-order chi connectivity index (χ1) is 8.74. The molecule has 1 amide bonds. The Morgan fingerprint density at radius 1 is 0.944 bits per heavy atom. The normalized spacial score (nSPS) is 9.83. The van der Waals surface area contributed by atoms with Crippen molar-refractivity contribution in [1.29, 1.82) is 5.41 Å². The van der Waals surface area contributed by atoms with Gasteiger partial charge < -0.3 is 5.32 Å². The second-order valence-electron chi connectivity index (χ2n) is 3.87. The lowest BCUT2D eigenvalue weighted by Crippen LogP contribution is -2.21. The molecule has 0 radical (unpaired) electrons. The van der Waals surface area contributed by atoms with E-state index >= 15 is 0 Å². The minimum Gasteiger partial charge on any atom is -0.355 e. The van der Waals surface area contributed by atoms with Crippen molar-refractivity contribution in [3.63, 3.8) is 0 Å². The Bertz CT molecular complexity index is 576. The van der Waals surface area contributed by atoms with Gasteiger partial charge in [0.1, 0.15) is 0 Å². The fourth-order valence-corrected chi connectivity index (χ4v) is 1.79. The van der Waals surface area contributed by atoms with Crippen LogP contribution >= 0.6 is 0 Å². The minimum absolute atomic E-state index is 0.175. The zero-order valence-electron chi connectivity index (χ0n) is 10.1. The summed E-state index contributed by atoms with van der Waals surface area (Å²) in [5, 5.41) is 10.8. The van der Waals surface area contributed by atoms with Gasteiger partial charge in [0.2, 0.25) is 0 Å². The summed E-state index contributed by atoms with van der Waals surface area (Å²) in [6, 6.07) is 16.5. The van der Waals surface area contributed by atoms with E-state index < -0.39 is 0 Å². The smallest absolute Gasteiger partial charge is 0.251 e. The van der Waals surface area contributed by atoms with E-state index in [-0.39, 0.29) is 5.91 Å². The molecule has 0 bridgehead atoms. The van der Waals surface area contributed by atoms with Crippen molar-refractivity contribution in [2.45, 2.75) is 0 Å². The lowest BCUT2D eigenvalue weighted by atomic mass is 9.97. The van der Waals surface area contributed by atoms with E-state index in [0.29, 0.717) is 16.8 Å². The summed E-state index contributed by atoms with van der Waals surface area (Å²) in [7, 11) is 1.59. The summed E-state index contributed by atoms with van der Waals surface area (Å²) in [5.74, 6) is -0.175. The Morgan fingerprint density at radius 2 is 1.50 bits per heavy atom. The van der Waals surface area contributed by atoms with E-state index in [9.17, 15) is 4.79 Å². The summed E-state index contributed by atoms with van der Waals surface area (Å²) < 4.78 is 0. The van der Waals surface area contributed by atoms with Crippen LogP contribution in [0.1, 0.15) is 21.5 Å². The average molecular weight is 238 g/mol. The summed E-state index contributed by atoms with van der Waals surface area (Å²) in [4.78, 5) is 11.8. The Kier molecular flexibility index (Phi) is 3.53. The maximum absolute atomic E-state index is 11.8. The van der Waals surface area contributed by atoms with E-state index in [1.165, 1.54) is 0 Å². The zero-order valence-corrected chi connectivity index (χ0v) is 10.1. The molecule has 0 fully saturated rings. The van der Waals surface area contributed by atoms with Crippen LogP contribution in [0, 0.1) is 5.41 Å². The Balaban J connectivity index is 2.46. The second-order valence-corrected chi connectivity index (χ2v) is 3.87. The van der Waals surface area contributed by atoms with E-state index in [1.807, 2.05) is 36.4 Å². The minimum atomic E-state index is -0.175. The molecule has 2 aromatic carbocycles. The van der Waals surface area contributed by atoms with Crippen LogP contribution in [0.15, 0.2) is 54.6 Å². The average Bonchev–Trinajstić information content (AvgIpc) is 2.46. The third-order valence-corrected chi connectivity index (χ3v) is 2.73. The summed E-state index contributed by atoms with van der Waals surface area (Å²) in [6.07, 6.45) is 0. The highest BCUT2D eigenvalue weighted by molar-refractivity contribution is 6.16. The van der Waals surface area contributed by atoms with E-state index in [1.54, 1.807) is 25.2 Å². The molecule has 0 atom stereocenters. The molecule has 2 aromatic rings. The molecule has 3 nitrogen and oxygen atoms in total. The standard InChI is InChI=1S/C15H14N2O/c1-17-15(18)13-10-6-5-9-12(13)14(16)11-7-3-2-4-8-11/h2-10,16H,1H3,(H,17,18). The third-order valence-electron chi connectivity index (χ3n) is 2.73. The van der Waals surface area contributed by atoms with Crippen molar-refractivity contribution in [3.05, 3.63) is 71.3 Å². The van der Waals surface area contributed by atoms with Crippen LogP contribution in [-0.4, -0.2) is 18.7 Å². The van der Waals surface area contributed by atoms with Crippen molar-refractivity contribution < 1.29 is 4.79 Å². The molecule has 0 aliphatic rings. The maximum Gasteiger partial charge on any atom is 0.251 e. The van der Waals surface area contributed by atoms with Gasteiger partial charge in [-0.15, -0.1) is 0 Å². The topological polar surface area (TPSA) is 53.0 Å². The highest BCUT2D eigenvalue weighted by Gasteiger charge is 2.13. The molecule has 90 valence electrons. The van der Waals surface area contributed by atoms with Gasteiger partial charge in [0.05, 0.1) is 5.71 Å². The lowest BCUT2D eigenvalue weighted by Gasteiger charge is -2.09. The lowest BCUT2D eigenvalue weighted by molar-refractivity contribution is 0.0963. The largest absolute Gasteiger partial charge is 0.355 e. The Hall–Kier alpha value is -2.42. The summed E-state index contributed by atoms with van der Waals surface area (Å²) in [6.45, 7) is 0. The molecule has 3 heteroatoms. The van der Waals surface area contributed by atoms with E-state index in [0.717, 1.165) is 5.56 Å². The number of rotatable bonds is 3. The predicted octanol–water partition coefficient (Wildman–Crippen LogP) is 2.46. The van der Waals surface area contributed by atoms with Crippen LogP contribution < -0.4 is 5.32 Å².